The molecule has 2 aromatic carbocycles. The number of carbonyl (C=O) groups is 1. The fourth-order valence-corrected chi connectivity index (χ4v) is 4.12. The van der Waals surface area contributed by atoms with Crippen LogP contribution in [0.5, 0.6) is 0 Å². The maximum Gasteiger partial charge on any atom is 0.262 e. The van der Waals surface area contributed by atoms with Crippen molar-refractivity contribution in [2.45, 2.75) is 24.3 Å². The highest BCUT2D eigenvalue weighted by atomic mass is 32.2. The molecule has 9 heteroatoms. The lowest BCUT2D eigenvalue weighted by molar-refractivity contribution is -0.117. The molecule has 3 rings (SSSR count). The molecular weight excluding hydrogens is 395 g/mol. The molecule has 1 amide bonds. The van der Waals surface area contributed by atoms with Crippen molar-refractivity contribution >= 4 is 27.5 Å². The van der Waals surface area contributed by atoms with Gasteiger partial charge in [-0.1, -0.05) is 18.2 Å². The second kappa shape index (κ2) is 9.15. The van der Waals surface area contributed by atoms with E-state index in [0.717, 1.165) is 12.0 Å². The average Bonchev–Trinajstić information content (AvgIpc) is 3.16. The molecule has 1 aliphatic heterocycles. The highest BCUT2D eigenvalue weighted by Gasteiger charge is 2.19. The maximum atomic E-state index is 13.0. The third-order valence-corrected chi connectivity index (χ3v) is 5.71. The predicted molar refractivity (Wildman–Crippen MR) is 110 cm³/mol. The topological polar surface area (TPSA) is 90.9 Å². The Morgan fingerprint density at radius 3 is 2.66 bits per heavy atom. The number of halogens is 1. The summed E-state index contributed by atoms with van der Waals surface area (Å²) in [5.74, 6) is -0.127. The molecule has 1 heterocycles. The van der Waals surface area contributed by atoms with E-state index in [0.29, 0.717) is 31.0 Å². The van der Waals surface area contributed by atoms with Crippen LogP contribution < -0.4 is 10.0 Å². The van der Waals surface area contributed by atoms with E-state index in [1.165, 1.54) is 24.3 Å². The van der Waals surface area contributed by atoms with Gasteiger partial charge in [0.15, 0.2) is 0 Å². The maximum absolute atomic E-state index is 13.0. The molecule has 154 valence electrons. The van der Waals surface area contributed by atoms with Crippen LogP contribution in [0.15, 0.2) is 58.4 Å². The number of likely N-dealkylation sites (N-methyl/N-ethyl adjacent to an activating group) is 1. The van der Waals surface area contributed by atoms with Crippen LogP contribution in [-0.2, 0) is 21.4 Å². The van der Waals surface area contributed by atoms with Crippen LogP contribution in [0, 0.1) is 5.82 Å². The number of anilines is 1. The normalized spacial score (nSPS) is 14.0. The van der Waals surface area contributed by atoms with Crippen molar-refractivity contribution in [3.05, 3.63) is 59.9 Å². The van der Waals surface area contributed by atoms with E-state index in [4.69, 9.17) is 0 Å². The van der Waals surface area contributed by atoms with Crippen LogP contribution in [0.1, 0.15) is 18.4 Å². The summed E-state index contributed by atoms with van der Waals surface area (Å²) in [5, 5.41) is 2.71. The third-order valence-electron chi connectivity index (χ3n) is 4.33. The van der Waals surface area contributed by atoms with Crippen LogP contribution in [0.25, 0.3) is 0 Å². The van der Waals surface area contributed by atoms with Crippen molar-refractivity contribution in [1.29, 1.82) is 0 Å². The summed E-state index contributed by atoms with van der Waals surface area (Å²) in [5.41, 5.74) is 1.28. The zero-order valence-corrected chi connectivity index (χ0v) is 16.9. The number of amides is 1. The van der Waals surface area contributed by atoms with Gasteiger partial charge < -0.3 is 5.32 Å². The van der Waals surface area contributed by atoms with Gasteiger partial charge in [-0.3, -0.25) is 19.4 Å². The van der Waals surface area contributed by atoms with Crippen molar-refractivity contribution in [2.75, 3.05) is 25.5 Å². The molecule has 0 bridgehead atoms. The molecule has 0 atom stereocenters. The van der Waals surface area contributed by atoms with Crippen LogP contribution in [0.4, 0.5) is 10.1 Å². The molecule has 1 aliphatic rings. The molecule has 0 fully saturated rings. The first kappa shape index (κ1) is 20.9. The SMILES string of the molecule is CN(CC(=O)Nc1cccc(S(=O)(=O)NC2=NCCC2)c1)Cc1ccc(F)cc1. The predicted octanol–water partition coefficient (Wildman–Crippen LogP) is 2.37. The number of nitrogens with zero attached hydrogens (tertiary/aromatic N) is 2. The van der Waals surface area contributed by atoms with Crippen molar-refractivity contribution in [1.82, 2.24) is 9.62 Å². The lowest BCUT2D eigenvalue weighted by Gasteiger charge is -2.16. The molecular formula is C20H23FN4O3S. The number of hydrogen-bond acceptors (Lipinski definition) is 5. The van der Waals surface area contributed by atoms with Gasteiger partial charge >= 0.3 is 0 Å². The minimum absolute atomic E-state index is 0.0598. The molecule has 0 unspecified atom stereocenters. The molecule has 0 radical (unpaired) electrons. The highest BCUT2D eigenvalue weighted by molar-refractivity contribution is 7.90. The monoisotopic (exact) mass is 418 g/mol. The van der Waals surface area contributed by atoms with Crippen molar-refractivity contribution in [2.24, 2.45) is 4.99 Å². The minimum Gasteiger partial charge on any atom is -0.325 e. The largest absolute Gasteiger partial charge is 0.325 e. The number of aliphatic imine (C=N–C) groups is 1. The average molecular weight is 418 g/mol. The van der Waals surface area contributed by atoms with E-state index in [2.05, 4.69) is 15.0 Å². The summed E-state index contributed by atoms with van der Waals surface area (Å²) < 4.78 is 40.4. The van der Waals surface area contributed by atoms with Gasteiger partial charge in [-0.25, -0.2) is 12.8 Å². The third kappa shape index (κ3) is 6.10. The summed E-state index contributed by atoms with van der Waals surface area (Å²) in [6.07, 6.45) is 1.44. The van der Waals surface area contributed by atoms with Crippen LogP contribution in [0.2, 0.25) is 0 Å². The Morgan fingerprint density at radius 1 is 1.21 bits per heavy atom. The highest BCUT2D eigenvalue weighted by Crippen LogP contribution is 2.16. The second-order valence-electron chi connectivity index (χ2n) is 6.91. The fourth-order valence-electron chi connectivity index (χ4n) is 2.98. The lowest BCUT2D eigenvalue weighted by Crippen LogP contribution is -2.30. The number of amidine groups is 1. The molecule has 2 N–H and O–H groups in total. The summed E-state index contributed by atoms with van der Waals surface area (Å²) in [7, 11) is -1.97. The molecule has 2 aromatic rings. The summed E-state index contributed by atoms with van der Waals surface area (Å²) >= 11 is 0. The van der Waals surface area contributed by atoms with Gasteiger partial charge in [0.05, 0.1) is 11.4 Å². The van der Waals surface area contributed by atoms with Gasteiger partial charge in [-0.15, -0.1) is 0 Å². The van der Waals surface area contributed by atoms with E-state index in [1.807, 2.05) is 0 Å². The van der Waals surface area contributed by atoms with Crippen molar-refractivity contribution < 1.29 is 17.6 Å². The van der Waals surface area contributed by atoms with Gasteiger partial charge in [-0.2, -0.15) is 0 Å². The zero-order valence-electron chi connectivity index (χ0n) is 16.1. The van der Waals surface area contributed by atoms with E-state index in [-0.39, 0.29) is 23.2 Å². The fraction of sp³-hybridized carbons (Fsp3) is 0.300. The van der Waals surface area contributed by atoms with Gasteiger partial charge in [0, 0.05) is 25.2 Å². The van der Waals surface area contributed by atoms with Gasteiger partial charge in [0.25, 0.3) is 10.0 Å². The Labute approximate surface area is 169 Å². The summed E-state index contributed by atoms with van der Waals surface area (Å²) in [6.45, 7) is 1.21. The number of benzene rings is 2. The summed E-state index contributed by atoms with van der Waals surface area (Å²) in [4.78, 5) is 18.3. The molecule has 0 spiro atoms. The van der Waals surface area contributed by atoms with Gasteiger partial charge in [0.1, 0.15) is 11.7 Å². The number of rotatable bonds is 7. The molecule has 0 aliphatic carbocycles. The Bertz CT molecular complexity index is 1010. The van der Waals surface area contributed by atoms with E-state index in [9.17, 15) is 17.6 Å². The summed E-state index contributed by atoms with van der Waals surface area (Å²) in [6, 6.07) is 12.2. The van der Waals surface area contributed by atoms with Crippen LogP contribution >= 0.6 is 0 Å². The van der Waals surface area contributed by atoms with Crippen molar-refractivity contribution in [3.63, 3.8) is 0 Å². The Balaban J connectivity index is 1.58. The first-order valence-electron chi connectivity index (χ1n) is 9.21. The Hall–Kier alpha value is -2.78. The Morgan fingerprint density at radius 2 is 1.97 bits per heavy atom. The van der Waals surface area contributed by atoms with E-state index in [1.54, 1.807) is 36.2 Å². The quantitative estimate of drug-likeness (QED) is 0.722. The molecule has 0 aromatic heterocycles. The van der Waals surface area contributed by atoms with Gasteiger partial charge in [0.2, 0.25) is 5.91 Å². The zero-order chi connectivity index (χ0) is 20.9. The van der Waals surface area contributed by atoms with Crippen LogP contribution in [-0.4, -0.2) is 45.2 Å². The van der Waals surface area contributed by atoms with E-state index >= 15 is 0 Å². The standard InChI is InChI=1S/C20H23FN4O3S/c1-25(13-15-7-9-16(21)10-8-15)14-20(26)23-17-4-2-5-18(12-17)29(27,28)24-19-6-3-11-22-19/h2,4-5,7-10,12H,3,6,11,13-14H2,1H3,(H,22,24)(H,23,26). The lowest BCUT2D eigenvalue weighted by atomic mass is 10.2. The second-order valence-corrected chi connectivity index (χ2v) is 8.59. The minimum atomic E-state index is -3.74. The molecule has 0 saturated carbocycles. The molecule has 29 heavy (non-hydrogen) atoms. The smallest absolute Gasteiger partial charge is 0.262 e. The number of hydrogen-bond donors (Lipinski definition) is 2. The van der Waals surface area contributed by atoms with Crippen molar-refractivity contribution in [3.8, 4) is 0 Å². The van der Waals surface area contributed by atoms with Crippen LogP contribution in [0.3, 0.4) is 0 Å². The number of carbonyl (C=O) groups excluding carboxylic acids is 1. The first-order valence-corrected chi connectivity index (χ1v) is 10.7. The number of sulfonamides is 1. The molecule has 0 saturated heterocycles. The number of nitrogens with one attached hydrogen (secondary N) is 2. The Kier molecular flexibility index (Phi) is 6.60. The van der Waals surface area contributed by atoms with Gasteiger partial charge in [-0.05, 0) is 49.4 Å². The first-order chi connectivity index (χ1) is 13.8. The molecule has 7 nitrogen and oxygen atoms in total. The van der Waals surface area contributed by atoms with E-state index < -0.39 is 10.0 Å².